The van der Waals surface area contributed by atoms with E-state index in [1.165, 1.54) is 12.4 Å². The minimum Gasteiger partial charge on any atom is -0.324 e. The van der Waals surface area contributed by atoms with Gasteiger partial charge in [-0.05, 0) is 33.5 Å². The zero-order valence-corrected chi connectivity index (χ0v) is 13.4. The number of aromatic nitrogens is 3. The summed E-state index contributed by atoms with van der Waals surface area (Å²) < 4.78 is 28.6. The summed E-state index contributed by atoms with van der Waals surface area (Å²) >= 11 is 3.06. The van der Waals surface area contributed by atoms with Gasteiger partial charge >= 0.3 is 0 Å². The van der Waals surface area contributed by atoms with Crippen LogP contribution in [-0.4, -0.2) is 14.8 Å². The van der Waals surface area contributed by atoms with Crippen molar-refractivity contribution in [2.24, 2.45) is 11.7 Å². The maximum Gasteiger partial charge on any atom is 0.173 e. The number of nitrogens with two attached hydrogens (primary N) is 1. The van der Waals surface area contributed by atoms with Gasteiger partial charge in [0.25, 0.3) is 0 Å². The third-order valence-corrected chi connectivity index (χ3v) is 3.91. The van der Waals surface area contributed by atoms with Crippen LogP contribution in [-0.2, 0) is 13.0 Å². The molecule has 1 atom stereocenters. The molecule has 0 amide bonds. The van der Waals surface area contributed by atoms with Crippen molar-refractivity contribution < 1.29 is 8.78 Å². The first-order chi connectivity index (χ1) is 9.90. The first kappa shape index (κ1) is 16.0. The zero-order chi connectivity index (χ0) is 15.6. The maximum atomic E-state index is 13.6. The van der Waals surface area contributed by atoms with Crippen LogP contribution in [0.1, 0.15) is 31.3 Å². The Kier molecular flexibility index (Phi) is 5.05. The molecule has 1 aromatic heterocycles. The van der Waals surface area contributed by atoms with Gasteiger partial charge in [0, 0.05) is 19.0 Å². The topological polar surface area (TPSA) is 56.7 Å². The first-order valence-electron chi connectivity index (χ1n) is 6.65. The monoisotopic (exact) mass is 358 g/mol. The number of nitrogens with zero attached hydrogens (tertiary/aromatic N) is 3. The lowest BCUT2D eigenvalue weighted by Crippen LogP contribution is -2.19. The highest BCUT2D eigenvalue weighted by molar-refractivity contribution is 9.10. The van der Waals surface area contributed by atoms with Gasteiger partial charge in [-0.15, -0.1) is 0 Å². The molecule has 0 radical (unpaired) electrons. The first-order valence-corrected chi connectivity index (χ1v) is 7.45. The second-order valence-corrected chi connectivity index (χ2v) is 6.12. The van der Waals surface area contributed by atoms with Gasteiger partial charge in [-0.3, -0.25) is 0 Å². The van der Waals surface area contributed by atoms with Crippen molar-refractivity contribution in [1.29, 1.82) is 0 Å². The molecular weight excluding hydrogens is 342 g/mol. The maximum absolute atomic E-state index is 13.6. The highest BCUT2D eigenvalue weighted by Gasteiger charge is 2.18. The van der Waals surface area contributed by atoms with E-state index in [9.17, 15) is 8.78 Å². The molecule has 1 unspecified atom stereocenters. The standard InChI is InChI=1S/C14H17BrF2N4/c1-8(2)6-21-12(19-7-20-21)5-11(18)9-3-4-10(16)14(17)13(9)15/h3-4,7-8,11H,5-6,18H2,1-2H3. The van der Waals surface area contributed by atoms with Crippen LogP contribution in [0.4, 0.5) is 8.78 Å². The van der Waals surface area contributed by atoms with E-state index in [-0.39, 0.29) is 4.47 Å². The van der Waals surface area contributed by atoms with Crippen molar-refractivity contribution in [3.63, 3.8) is 0 Å². The van der Waals surface area contributed by atoms with Gasteiger partial charge in [0.2, 0.25) is 0 Å². The lowest BCUT2D eigenvalue weighted by atomic mass is 10.0. The van der Waals surface area contributed by atoms with Crippen LogP contribution >= 0.6 is 15.9 Å². The second-order valence-electron chi connectivity index (χ2n) is 5.33. The quantitative estimate of drug-likeness (QED) is 0.834. The molecule has 0 aliphatic rings. The van der Waals surface area contributed by atoms with Crippen LogP contribution in [0.5, 0.6) is 0 Å². The molecule has 0 aliphatic carbocycles. The lowest BCUT2D eigenvalue weighted by molar-refractivity contribution is 0.458. The predicted molar refractivity (Wildman–Crippen MR) is 79.6 cm³/mol. The van der Waals surface area contributed by atoms with Gasteiger partial charge < -0.3 is 5.73 Å². The Morgan fingerprint density at radius 2 is 2.05 bits per heavy atom. The predicted octanol–water partition coefficient (Wildman–Crippen LogP) is 3.22. The molecular formula is C14H17BrF2N4. The summed E-state index contributed by atoms with van der Waals surface area (Å²) in [6.07, 6.45) is 1.88. The van der Waals surface area contributed by atoms with Gasteiger partial charge in [-0.25, -0.2) is 18.4 Å². The van der Waals surface area contributed by atoms with Crippen molar-refractivity contribution in [1.82, 2.24) is 14.8 Å². The Labute approximate surface area is 130 Å². The SMILES string of the molecule is CC(C)Cn1ncnc1CC(N)c1ccc(F)c(F)c1Br. The summed E-state index contributed by atoms with van der Waals surface area (Å²) in [4.78, 5) is 4.19. The van der Waals surface area contributed by atoms with Gasteiger partial charge in [0.05, 0.1) is 4.47 Å². The average molecular weight is 359 g/mol. The number of rotatable bonds is 5. The van der Waals surface area contributed by atoms with Gasteiger partial charge in [-0.2, -0.15) is 5.10 Å². The Balaban J connectivity index is 2.21. The van der Waals surface area contributed by atoms with Gasteiger partial charge in [-0.1, -0.05) is 19.9 Å². The van der Waals surface area contributed by atoms with Crippen molar-refractivity contribution >= 4 is 15.9 Å². The van der Waals surface area contributed by atoms with E-state index in [0.29, 0.717) is 17.9 Å². The van der Waals surface area contributed by atoms with Crippen LogP contribution < -0.4 is 5.73 Å². The summed E-state index contributed by atoms with van der Waals surface area (Å²) in [7, 11) is 0. The van der Waals surface area contributed by atoms with E-state index in [0.717, 1.165) is 18.4 Å². The summed E-state index contributed by atoms with van der Waals surface area (Å²) in [5.41, 5.74) is 6.61. The van der Waals surface area contributed by atoms with Crippen molar-refractivity contribution in [2.45, 2.75) is 32.9 Å². The molecule has 4 nitrogen and oxygen atoms in total. The fourth-order valence-corrected chi connectivity index (χ4v) is 2.69. The van der Waals surface area contributed by atoms with Gasteiger partial charge in [0.1, 0.15) is 12.2 Å². The molecule has 0 saturated heterocycles. The van der Waals surface area contributed by atoms with E-state index < -0.39 is 17.7 Å². The van der Waals surface area contributed by atoms with Crippen LogP contribution in [0.15, 0.2) is 22.9 Å². The summed E-state index contributed by atoms with van der Waals surface area (Å²) in [5.74, 6) is -0.670. The number of hydrogen-bond acceptors (Lipinski definition) is 3. The molecule has 0 fully saturated rings. The highest BCUT2D eigenvalue weighted by Crippen LogP contribution is 2.28. The summed E-state index contributed by atoms with van der Waals surface area (Å²) in [5, 5.41) is 4.16. The Morgan fingerprint density at radius 1 is 1.33 bits per heavy atom. The average Bonchev–Trinajstić information content (AvgIpc) is 2.82. The molecule has 7 heteroatoms. The van der Waals surface area contributed by atoms with Crippen LogP contribution in [0.3, 0.4) is 0 Å². The molecule has 0 bridgehead atoms. The third kappa shape index (κ3) is 3.65. The molecule has 0 spiro atoms. The lowest BCUT2D eigenvalue weighted by Gasteiger charge is -2.15. The highest BCUT2D eigenvalue weighted by atomic mass is 79.9. The van der Waals surface area contributed by atoms with Crippen molar-refractivity contribution in [2.75, 3.05) is 0 Å². The van der Waals surface area contributed by atoms with Crippen molar-refractivity contribution in [3.8, 4) is 0 Å². The molecule has 21 heavy (non-hydrogen) atoms. The summed E-state index contributed by atoms with van der Waals surface area (Å²) in [6, 6.07) is 2.06. The third-order valence-electron chi connectivity index (χ3n) is 3.10. The Bertz CT molecular complexity index is 627. The van der Waals surface area contributed by atoms with E-state index >= 15 is 0 Å². The minimum absolute atomic E-state index is 0.0601. The van der Waals surface area contributed by atoms with Crippen LogP contribution in [0, 0.1) is 17.6 Å². The fraction of sp³-hybridized carbons (Fsp3) is 0.429. The molecule has 2 N–H and O–H groups in total. The number of hydrogen-bond donors (Lipinski definition) is 1. The van der Waals surface area contributed by atoms with Crippen LogP contribution in [0.2, 0.25) is 0 Å². The van der Waals surface area contributed by atoms with E-state index in [1.54, 1.807) is 4.68 Å². The number of halogens is 3. The second kappa shape index (κ2) is 6.62. The normalized spacial score (nSPS) is 12.9. The fourth-order valence-electron chi connectivity index (χ4n) is 2.08. The smallest absolute Gasteiger partial charge is 0.173 e. The molecule has 0 aliphatic heterocycles. The zero-order valence-electron chi connectivity index (χ0n) is 11.9. The summed E-state index contributed by atoms with van der Waals surface area (Å²) in [6.45, 7) is 4.90. The van der Waals surface area contributed by atoms with Crippen molar-refractivity contribution in [3.05, 3.63) is 46.0 Å². The largest absolute Gasteiger partial charge is 0.324 e. The molecule has 1 heterocycles. The molecule has 2 aromatic rings. The Hall–Kier alpha value is -1.34. The van der Waals surface area contributed by atoms with E-state index in [2.05, 4.69) is 39.9 Å². The van der Waals surface area contributed by atoms with Crippen LogP contribution in [0.25, 0.3) is 0 Å². The van der Waals surface area contributed by atoms with E-state index in [4.69, 9.17) is 5.73 Å². The molecule has 2 rings (SSSR count). The van der Waals surface area contributed by atoms with E-state index in [1.807, 2.05) is 0 Å². The van der Waals surface area contributed by atoms with Gasteiger partial charge in [0.15, 0.2) is 11.6 Å². The molecule has 114 valence electrons. The molecule has 1 aromatic carbocycles. The minimum atomic E-state index is -0.924. The molecule has 0 saturated carbocycles. The number of benzene rings is 1. The Morgan fingerprint density at radius 3 is 2.71 bits per heavy atom.